The van der Waals surface area contributed by atoms with Crippen LogP contribution in [0, 0.1) is 0 Å². The monoisotopic (exact) mass is 360 g/mol. The molecule has 25 heavy (non-hydrogen) atoms. The average molecular weight is 360 g/mol. The number of hydrogen-bond donors (Lipinski definition) is 1. The standard InChI is InChI=1S/C19H36O6/c1-2-3-4-5-6-7-8-9-10-11-19(22)25-17-16-24-15-14-23-13-12-18(20)21/h2-17H2,1H3,(H,20,21). The van der Waals surface area contributed by atoms with Crippen molar-refractivity contribution in [1.82, 2.24) is 0 Å². The van der Waals surface area contributed by atoms with Gasteiger partial charge in [-0.05, 0) is 6.42 Å². The van der Waals surface area contributed by atoms with E-state index >= 15 is 0 Å². The van der Waals surface area contributed by atoms with Gasteiger partial charge in [0.2, 0.25) is 0 Å². The largest absolute Gasteiger partial charge is 0.481 e. The van der Waals surface area contributed by atoms with E-state index < -0.39 is 5.97 Å². The molecule has 0 unspecified atom stereocenters. The van der Waals surface area contributed by atoms with Gasteiger partial charge >= 0.3 is 11.9 Å². The van der Waals surface area contributed by atoms with E-state index in [9.17, 15) is 9.59 Å². The van der Waals surface area contributed by atoms with Crippen LogP contribution < -0.4 is 0 Å². The van der Waals surface area contributed by atoms with Crippen LogP contribution in [0.5, 0.6) is 0 Å². The predicted octanol–water partition coefficient (Wildman–Crippen LogP) is 3.96. The molecule has 0 aromatic heterocycles. The van der Waals surface area contributed by atoms with Crippen molar-refractivity contribution in [2.24, 2.45) is 0 Å². The lowest BCUT2D eigenvalue weighted by atomic mass is 10.1. The van der Waals surface area contributed by atoms with Crippen LogP contribution in [-0.4, -0.2) is 50.1 Å². The van der Waals surface area contributed by atoms with E-state index in [2.05, 4.69) is 6.92 Å². The minimum atomic E-state index is -0.875. The fraction of sp³-hybridized carbons (Fsp3) is 0.895. The maximum absolute atomic E-state index is 11.5. The summed E-state index contributed by atoms with van der Waals surface area (Å²) in [5.41, 5.74) is 0. The van der Waals surface area contributed by atoms with Gasteiger partial charge in [0.1, 0.15) is 6.61 Å². The van der Waals surface area contributed by atoms with E-state index in [1.165, 1.54) is 44.9 Å². The van der Waals surface area contributed by atoms with Crippen LogP contribution in [-0.2, 0) is 23.8 Å². The first-order valence-corrected chi connectivity index (χ1v) is 9.69. The van der Waals surface area contributed by atoms with Crippen molar-refractivity contribution in [3.63, 3.8) is 0 Å². The summed E-state index contributed by atoms with van der Waals surface area (Å²) in [5, 5.41) is 8.42. The minimum Gasteiger partial charge on any atom is -0.481 e. The topological polar surface area (TPSA) is 82.1 Å². The van der Waals surface area contributed by atoms with Gasteiger partial charge in [-0.25, -0.2) is 0 Å². The number of carboxylic acids is 1. The highest BCUT2D eigenvalue weighted by atomic mass is 16.6. The molecule has 0 aromatic rings. The molecule has 0 fully saturated rings. The number of carbonyl (C=O) groups is 2. The first-order valence-electron chi connectivity index (χ1n) is 9.69. The third-order valence-corrected chi connectivity index (χ3v) is 3.81. The summed E-state index contributed by atoms with van der Waals surface area (Å²) < 4.78 is 15.4. The summed E-state index contributed by atoms with van der Waals surface area (Å²) in [6, 6.07) is 0. The predicted molar refractivity (Wildman–Crippen MR) is 96.7 cm³/mol. The van der Waals surface area contributed by atoms with Crippen LogP contribution in [0.2, 0.25) is 0 Å². The molecule has 0 aliphatic carbocycles. The maximum atomic E-state index is 11.5. The number of carboxylic acid groups (broad SMARTS) is 1. The highest BCUT2D eigenvalue weighted by Crippen LogP contribution is 2.10. The van der Waals surface area contributed by atoms with Crippen molar-refractivity contribution in [2.75, 3.05) is 33.0 Å². The molecule has 0 spiro atoms. The Labute approximate surface area is 152 Å². The Balaban J connectivity index is 3.17. The molecule has 0 aliphatic heterocycles. The second kappa shape index (κ2) is 19.2. The van der Waals surface area contributed by atoms with Crippen molar-refractivity contribution in [3.05, 3.63) is 0 Å². The van der Waals surface area contributed by atoms with Gasteiger partial charge in [-0.15, -0.1) is 0 Å². The molecule has 6 heteroatoms. The molecular weight excluding hydrogens is 324 g/mol. The highest BCUT2D eigenvalue weighted by molar-refractivity contribution is 5.69. The zero-order chi connectivity index (χ0) is 18.6. The van der Waals surface area contributed by atoms with Crippen molar-refractivity contribution >= 4 is 11.9 Å². The van der Waals surface area contributed by atoms with Gasteiger partial charge in [0.25, 0.3) is 0 Å². The van der Waals surface area contributed by atoms with E-state index in [4.69, 9.17) is 19.3 Å². The van der Waals surface area contributed by atoms with Gasteiger partial charge in [-0.3, -0.25) is 9.59 Å². The van der Waals surface area contributed by atoms with E-state index in [0.717, 1.165) is 12.8 Å². The van der Waals surface area contributed by atoms with E-state index in [-0.39, 0.29) is 25.6 Å². The molecule has 0 heterocycles. The summed E-state index contributed by atoms with van der Waals surface area (Å²) >= 11 is 0. The summed E-state index contributed by atoms with van der Waals surface area (Å²) in [7, 11) is 0. The second-order valence-corrected chi connectivity index (χ2v) is 6.17. The molecule has 0 saturated heterocycles. The molecule has 0 amide bonds. The Morgan fingerprint density at radius 1 is 0.680 bits per heavy atom. The third-order valence-electron chi connectivity index (χ3n) is 3.81. The molecule has 0 atom stereocenters. The number of aliphatic carboxylic acids is 1. The molecule has 1 N–H and O–H groups in total. The molecule has 0 rings (SSSR count). The molecule has 0 saturated carbocycles. The maximum Gasteiger partial charge on any atom is 0.305 e. The second-order valence-electron chi connectivity index (χ2n) is 6.17. The zero-order valence-electron chi connectivity index (χ0n) is 15.8. The first kappa shape index (κ1) is 23.9. The Hall–Kier alpha value is -1.14. The van der Waals surface area contributed by atoms with Crippen LogP contribution in [0.1, 0.15) is 77.6 Å². The minimum absolute atomic E-state index is 0.00350. The first-order chi connectivity index (χ1) is 12.2. The van der Waals surface area contributed by atoms with Crippen LogP contribution >= 0.6 is 0 Å². The number of ether oxygens (including phenoxy) is 3. The molecule has 0 radical (unpaired) electrons. The van der Waals surface area contributed by atoms with Gasteiger partial charge in [-0.1, -0.05) is 58.3 Å². The van der Waals surface area contributed by atoms with E-state index in [1.54, 1.807) is 0 Å². The van der Waals surface area contributed by atoms with Crippen LogP contribution in [0.25, 0.3) is 0 Å². The summed E-state index contributed by atoms with van der Waals surface area (Å²) in [6.07, 6.45) is 11.5. The lowest BCUT2D eigenvalue weighted by Gasteiger charge is -2.07. The van der Waals surface area contributed by atoms with E-state index in [0.29, 0.717) is 26.2 Å². The summed E-state index contributed by atoms with van der Waals surface area (Å²) in [5.74, 6) is -1.04. The number of esters is 1. The van der Waals surface area contributed by atoms with E-state index in [1.807, 2.05) is 0 Å². The summed E-state index contributed by atoms with van der Waals surface area (Å²) in [4.78, 5) is 21.8. The number of hydrogen-bond acceptors (Lipinski definition) is 5. The quantitative estimate of drug-likeness (QED) is 0.277. The number of carbonyl (C=O) groups excluding carboxylic acids is 1. The Morgan fingerprint density at radius 3 is 1.80 bits per heavy atom. The van der Waals surface area contributed by atoms with Crippen LogP contribution in [0.4, 0.5) is 0 Å². The molecular formula is C19H36O6. The smallest absolute Gasteiger partial charge is 0.305 e. The molecule has 148 valence electrons. The van der Waals surface area contributed by atoms with Crippen molar-refractivity contribution in [1.29, 1.82) is 0 Å². The Bertz CT molecular complexity index is 319. The lowest BCUT2D eigenvalue weighted by Crippen LogP contribution is -2.13. The number of unbranched alkanes of at least 4 members (excludes halogenated alkanes) is 8. The zero-order valence-corrected chi connectivity index (χ0v) is 15.8. The molecule has 0 aliphatic rings. The summed E-state index contributed by atoms with van der Waals surface area (Å²) in [6.45, 7) is 3.73. The van der Waals surface area contributed by atoms with Crippen molar-refractivity contribution < 1.29 is 28.9 Å². The normalized spacial score (nSPS) is 10.8. The fourth-order valence-electron chi connectivity index (χ4n) is 2.35. The molecule has 0 bridgehead atoms. The van der Waals surface area contributed by atoms with Crippen molar-refractivity contribution in [3.8, 4) is 0 Å². The Kier molecular flexibility index (Phi) is 18.3. The SMILES string of the molecule is CCCCCCCCCCCC(=O)OCCOCCOCCC(=O)O. The molecule has 0 aromatic carbocycles. The van der Waals surface area contributed by atoms with Crippen molar-refractivity contribution in [2.45, 2.75) is 77.6 Å². The van der Waals surface area contributed by atoms with Crippen LogP contribution in [0.15, 0.2) is 0 Å². The van der Waals surface area contributed by atoms with Gasteiger partial charge in [0.15, 0.2) is 0 Å². The van der Waals surface area contributed by atoms with Gasteiger partial charge in [0.05, 0.1) is 32.8 Å². The Morgan fingerprint density at radius 2 is 1.20 bits per heavy atom. The third kappa shape index (κ3) is 20.8. The lowest BCUT2D eigenvalue weighted by molar-refractivity contribution is -0.145. The van der Waals surface area contributed by atoms with Gasteiger partial charge < -0.3 is 19.3 Å². The van der Waals surface area contributed by atoms with Crippen LogP contribution in [0.3, 0.4) is 0 Å². The molecule has 6 nitrogen and oxygen atoms in total. The number of rotatable bonds is 19. The average Bonchev–Trinajstić information content (AvgIpc) is 2.58. The van der Waals surface area contributed by atoms with Gasteiger partial charge in [-0.2, -0.15) is 0 Å². The highest BCUT2D eigenvalue weighted by Gasteiger charge is 2.02. The van der Waals surface area contributed by atoms with Gasteiger partial charge in [0, 0.05) is 6.42 Å². The fourth-order valence-corrected chi connectivity index (χ4v) is 2.35.